The molecule has 5 rings (SSSR count). The second kappa shape index (κ2) is 15.4. The number of amides is 3. The number of hydrogen-bond donors (Lipinski definition) is 2. The first kappa shape index (κ1) is 34.6. The first-order valence-electron chi connectivity index (χ1n) is 16.1. The van der Waals surface area contributed by atoms with Gasteiger partial charge >= 0.3 is 0 Å². The van der Waals surface area contributed by atoms with Crippen LogP contribution >= 0.6 is 0 Å². The zero-order chi connectivity index (χ0) is 31.9. The highest BCUT2D eigenvalue weighted by Gasteiger charge is 2.43. The highest BCUT2D eigenvalue weighted by atomic mass is 16.2. The molecule has 1 aliphatic heterocycles. The van der Waals surface area contributed by atoms with Crippen molar-refractivity contribution in [3.63, 3.8) is 0 Å². The highest BCUT2D eigenvalue weighted by Crippen LogP contribution is 2.36. The van der Waals surface area contributed by atoms with Gasteiger partial charge in [0.25, 0.3) is 0 Å². The number of piperidine rings is 1. The maximum Gasteiger partial charge on any atom is 0.246 e. The average Bonchev–Trinajstić information content (AvgIpc) is 3.06. The van der Waals surface area contributed by atoms with Crippen LogP contribution in [0.15, 0.2) is 97.1 Å². The standard InChI is InChI=1S/C38H46N4O3.CH4/c1-40-36(45)37(28-30-11-5-3-6-12-30)23-25-42(26-24-37)35(44)33(41(2)34(43)15-9-20-38(39)21-10-22-38)27-29-16-18-32(19-17-29)31-13-7-4-8-14-31;/h3-9,11-19,33H,10,20-28,39H2,1-2H3,(H,40,45);1H4/b15-9+;/t33-;/m1./s1. The molecule has 1 saturated heterocycles. The van der Waals surface area contributed by atoms with E-state index in [1.54, 1.807) is 25.1 Å². The number of likely N-dealkylation sites (N-methyl/N-ethyl adjacent to an activating group) is 1. The van der Waals surface area contributed by atoms with Gasteiger partial charge in [0.1, 0.15) is 6.04 Å². The third-order valence-corrected chi connectivity index (χ3v) is 9.85. The quantitative estimate of drug-likeness (QED) is 0.265. The Morgan fingerprint density at radius 3 is 2.02 bits per heavy atom. The molecule has 3 aromatic rings. The summed E-state index contributed by atoms with van der Waals surface area (Å²) in [7, 11) is 3.39. The molecule has 0 spiro atoms. The minimum atomic E-state index is -0.679. The van der Waals surface area contributed by atoms with Crippen molar-refractivity contribution in [2.75, 3.05) is 27.2 Å². The molecule has 3 N–H and O–H groups in total. The van der Waals surface area contributed by atoms with E-state index < -0.39 is 11.5 Å². The number of nitrogens with zero attached hydrogens (tertiary/aromatic N) is 2. The summed E-state index contributed by atoms with van der Waals surface area (Å²) in [5.41, 5.74) is 9.88. The Labute approximate surface area is 274 Å². The summed E-state index contributed by atoms with van der Waals surface area (Å²) < 4.78 is 0. The van der Waals surface area contributed by atoms with Crippen molar-refractivity contribution in [2.24, 2.45) is 11.1 Å². The molecule has 3 aromatic carbocycles. The highest BCUT2D eigenvalue weighted by molar-refractivity contribution is 5.93. The first-order valence-corrected chi connectivity index (χ1v) is 16.1. The summed E-state index contributed by atoms with van der Waals surface area (Å²) >= 11 is 0. The van der Waals surface area contributed by atoms with Gasteiger partial charge in [-0.15, -0.1) is 0 Å². The van der Waals surface area contributed by atoms with Gasteiger partial charge < -0.3 is 20.9 Å². The number of nitrogens with two attached hydrogens (primary N) is 1. The topological polar surface area (TPSA) is 95.7 Å². The molecule has 2 aliphatic rings. The molecular weight excluding hydrogens is 572 g/mol. The molecule has 244 valence electrons. The van der Waals surface area contributed by atoms with E-state index in [1.165, 1.54) is 0 Å². The van der Waals surface area contributed by atoms with Crippen molar-refractivity contribution in [3.05, 3.63) is 108 Å². The Morgan fingerprint density at radius 2 is 1.46 bits per heavy atom. The van der Waals surface area contributed by atoms with E-state index in [-0.39, 0.29) is 30.7 Å². The number of carbonyl (C=O) groups is 3. The summed E-state index contributed by atoms with van der Waals surface area (Å²) in [6, 6.07) is 27.7. The van der Waals surface area contributed by atoms with Crippen LogP contribution < -0.4 is 11.1 Å². The van der Waals surface area contributed by atoms with Gasteiger partial charge in [-0.3, -0.25) is 14.4 Å². The van der Waals surface area contributed by atoms with Crippen LogP contribution in [0.4, 0.5) is 0 Å². The molecule has 0 bridgehead atoms. The Kier molecular flexibility index (Phi) is 11.6. The lowest BCUT2D eigenvalue weighted by Crippen LogP contribution is -2.55. The maximum atomic E-state index is 14.2. The molecule has 0 unspecified atom stereocenters. The van der Waals surface area contributed by atoms with E-state index in [2.05, 4.69) is 29.6 Å². The molecule has 1 aliphatic carbocycles. The zero-order valence-corrected chi connectivity index (χ0v) is 26.6. The van der Waals surface area contributed by atoms with Crippen LogP contribution in [0.5, 0.6) is 0 Å². The summed E-state index contributed by atoms with van der Waals surface area (Å²) in [5.74, 6) is -0.293. The van der Waals surface area contributed by atoms with Crippen molar-refractivity contribution < 1.29 is 14.4 Å². The fourth-order valence-electron chi connectivity index (χ4n) is 6.68. The molecule has 46 heavy (non-hydrogen) atoms. The van der Waals surface area contributed by atoms with Gasteiger partial charge in [-0.1, -0.05) is 98.4 Å². The van der Waals surface area contributed by atoms with E-state index in [0.717, 1.165) is 41.5 Å². The Morgan fingerprint density at radius 1 is 0.870 bits per heavy atom. The van der Waals surface area contributed by atoms with E-state index in [4.69, 9.17) is 5.73 Å². The van der Waals surface area contributed by atoms with Crippen molar-refractivity contribution in [1.82, 2.24) is 15.1 Å². The third kappa shape index (κ3) is 8.13. The fraction of sp³-hybridized carbons (Fsp3) is 0.410. The minimum absolute atomic E-state index is 0. The number of carbonyl (C=O) groups excluding carboxylic acids is 3. The smallest absolute Gasteiger partial charge is 0.246 e. The molecule has 0 aromatic heterocycles. The second-order valence-corrected chi connectivity index (χ2v) is 12.9. The minimum Gasteiger partial charge on any atom is -0.359 e. The van der Waals surface area contributed by atoms with Gasteiger partial charge in [0, 0.05) is 39.1 Å². The van der Waals surface area contributed by atoms with E-state index in [1.807, 2.05) is 71.6 Å². The van der Waals surface area contributed by atoms with Crippen molar-refractivity contribution in [2.45, 2.75) is 70.4 Å². The summed E-state index contributed by atoms with van der Waals surface area (Å²) in [6.45, 7) is 0.909. The Balaban J connectivity index is 0.00000480. The van der Waals surface area contributed by atoms with E-state index in [9.17, 15) is 14.4 Å². The summed E-state index contributed by atoms with van der Waals surface area (Å²) in [4.78, 5) is 44.2. The molecule has 1 heterocycles. The SMILES string of the molecule is C.CNC(=O)C1(Cc2ccccc2)CCN(C(=O)[C@@H](Cc2ccc(-c3ccccc3)cc2)N(C)C(=O)/C=C/CC2(N)CCC2)CC1. The number of rotatable bonds is 11. The molecule has 7 nitrogen and oxygen atoms in total. The Bertz CT molecular complexity index is 1470. The van der Waals surface area contributed by atoms with Gasteiger partial charge in [0.2, 0.25) is 17.7 Å². The van der Waals surface area contributed by atoms with Gasteiger partial charge in [0.05, 0.1) is 5.41 Å². The average molecular weight is 623 g/mol. The van der Waals surface area contributed by atoms with Gasteiger partial charge in [0.15, 0.2) is 0 Å². The van der Waals surface area contributed by atoms with Crippen LogP contribution in [0.1, 0.15) is 57.1 Å². The van der Waals surface area contributed by atoms with Crippen LogP contribution in [0.3, 0.4) is 0 Å². The predicted molar refractivity (Wildman–Crippen MR) is 186 cm³/mol. The Hall–Kier alpha value is -4.23. The van der Waals surface area contributed by atoms with E-state index in [0.29, 0.717) is 45.2 Å². The lowest BCUT2D eigenvalue weighted by Gasteiger charge is -2.42. The lowest BCUT2D eigenvalue weighted by atomic mass is 9.73. The monoisotopic (exact) mass is 622 g/mol. The van der Waals surface area contributed by atoms with Crippen LogP contribution in [-0.4, -0.2) is 66.3 Å². The lowest BCUT2D eigenvalue weighted by molar-refractivity contribution is -0.146. The predicted octanol–water partition coefficient (Wildman–Crippen LogP) is 5.78. The number of hydrogen-bond acceptors (Lipinski definition) is 4. The van der Waals surface area contributed by atoms with Gasteiger partial charge in [-0.2, -0.15) is 0 Å². The number of benzene rings is 3. The molecule has 0 radical (unpaired) electrons. The molecule has 7 heteroatoms. The van der Waals surface area contributed by atoms with Crippen LogP contribution in [0.2, 0.25) is 0 Å². The molecular formula is C39H50N4O3. The van der Waals surface area contributed by atoms with E-state index >= 15 is 0 Å². The number of likely N-dealkylation sites (tertiary alicyclic amines) is 1. The largest absolute Gasteiger partial charge is 0.359 e. The zero-order valence-electron chi connectivity index (χ0n) is 26.6. The van der Waals surface area contributed by atoms with Crippen molar-refractivity contribution in [1.29, 1.82) is 0 Å². The van der Waals surface area contributed by atoms with Gasteiger partial charge in [-0.05, 0) is 73.3 Å². The third-order valence-electron chi connectivity index (χ3n) is 9.85. The summed E-state index contributed by atoms with van der Waals surface area (Å²) in [6.07, 6.45) is 9.28. The normalized spacial score (nSPS) is 17.3. The second-order valence-electron chi connectivity index (χ2n) is 12.9. The fourth-order valence-corrected chi connectivity index (χ4v) is 6.68. The first-order chi connectivity index (χ1) is 21.7. The van der Waals surface area contributed by atoms with Crippen molar-refractivity contribution >= 4 is 17.7 Å². The number of nitrogens with one attached hydrogen (secondary N) is 1. The van der Waals surface area contributed by atoms with Crippen LogP contribution in [0, 0.1) is 5.41 Å². The van der Waals surface area contributed by atoms with Crippen LogP contribution in [-0.2, 0) is 27.2 Å². The molecule has 1 atom stereocenters. The molecule has 1 saturated carbocycles. The van der Waals surface area contributed by atoms with Crippen molar-refractivity contribution in [3.8, 4) is 11.1 Å². The maximum absolute atomic E-state index is 14.2. The van der Waals surface area contributed by atoms with Gasteiger partial charge in [-0.25, -0.2) is 0 Å². The van der Waals surface area contributed by atoms with Crippen LogP contribution in [0.25, 0.3) is 11.1 Å². The molecule has 2 fully saturated rings. The molecule has 3 amide bonds. The summed E-state index contributed by atoms with van der Waals surface area (Å²) in [5, 5.41) is 2.87.